The fourth-order valence-electron chi connectivity index (χ4n) is 3.43. The SMILES string of the molecule is CO[C@H](c1ccccn1)c1ccccc1P(c1ccccc1)c1ccccc1. The number of ether oxygens (including phenoxy) is 1. The monoisotopic (exact) mass is 383 g/mol. The fraction of sp³-hybridized carbons (Fsp3) is 0.0800. The van der Waals surface area contributed by atoms with Gasteiger partial charge in [-0.2, -0.15) is 0 Å². The van der Waals surface area contributed by atoms with Gasteiger partial charge >= 0.3 is 0 Å². The molecule has 1 atom stereocenters. The molecular weight excluding hydrogens is 361 g/mol. The highest BCUT2D eigenvalue weighted by atomic mass is 31.1. The molecular formula is C25H22NOP. The Labute approximate surface area is 167 Å². The summed E-state index contributed by atoms with van der Waals surface area (Å²) in [5, 5.41) is 3.95. The lowest BCUT2D eigenvalue weighted by Gasteiger charge is -2.25. The number of hydrogen-bond donors (Lipinski definition) is 0. The molecule has 0 aliphatic heterocycles. The first-order chi connectivity index (χ1) is 13.9. The van der Waals surface area contributed by atoms with E-state index in [2.05, 4.69) is 89.9 Å². The minimum absolute atomic E-state index is 0.199. The molecule has 0 fully saturated rings. The standard InChI is InChI=1S/C25H22NOP/c1-27-25(23-17-10-11-19-26-23)22-16-8-9-18-24(22)28(20-12-4-2-5-13-20)21-14-6-3-7-15-21/h2-19,25H,1H3/t25-/m0/s1. The van der Waals surface area contributed by atoms with Crippen molar-refractivity contribution in [3.63, 3.8) is 0 Å². The second-order valence-corrected chi connectivity index (χ2v) is 8.62. The smallest absolute Gasteiger partial charge is 0.125 e. The first-order valence-corrected chi connectivity index (χ1v) is 10.7. The van der Waals surface area contributed by atoms with Gasteiger partial charge in [0.25, 0.3) is 0 Å². The molecule has 1 aromatic heterocycles. The van der Waals surface area contributed by atoms with E-state index in [4.69, 9.17) is 4.74 Å². The van der Waals surface area contributed by atoms with Gasteiger partial charge < -0.3 is 4.74 Å². The maximum atomic E-state index is 5.93. The van der Waals surface area contributed by atoms with Crippen LogP contribution < -0.4 is 15.9 Å². The van der Waals surface area contributed by atoms with Crippen LogP contribution in [0.5, 0.6) is 0 Å². The Morgan fingerprint density at radius 1 is 0.679 bits per heavy atom. The van der Waals surface area contributed by atoms with E-state index >= 15 is 0 Å². The molecule has 0 amide bonds. The van der Waals surface area contributed by atoms with E-state index in [9.17, 15) is 0 Å². The lowest BCUT2D eigenvalue weighted by Crippen LogP contribution is -2.25. The number of pyridine rings is 1. The van der Waals surface area contributed by atoms with E-state index in [-0.39, 0.29) is 6.10 Å². The predicted molar refractivity (Wildman–Crippen MR) is 118 cm³/mol. The van der Waals surface area contributed by atoms with Crippen LogP contribution in [-0.4, -0.2) is 12.1 Å². The third kappa shape index (κ3) is 3.89. The van der Waals surface area contributed by atoms with Crippen molar-refractivity contribution < 1.29 is 4.74 Å². The molecule has 0 aliphatic carbocycles. The van der Waals surface area contributed by atoms with Gasteiger partial charge in [-0.15, -0.1) is 0 Å². The summed E-state index contributed by atoms with van der Waals surface area (Å²) in [5.41, 5.74) is 2.09. The van der Waals surface area contributed by atoms with E-state index in [1.807, 2.05) is 24.4 Å². The van der Waals surface area contributed by atoms with Crippen LogP contribution in [0.1, 0.15) is 17.4 Å². The Balaban J connectivity index is 1.89. The molecule has 0 saturated carbocycles. The number of nitrogens with zero attached hydrogens (tertiary/aromatic N) is 1. The van der Waals surface area contributed by atoms with Gasteiger partial charge in [-0.3, -0.25) is 4.98 Å². The Hall–Kier alpha value is -2.80. The van der Waals surface area contributed by atoms with Gasteiger partial charge in [-0.05, 0) is 41.5 Å². The number of methoxy groups -OCH3 is 1. The van der Waals surface area contributed by atoms with Crippen LogP contribution in [0.4, 0.5) is 0 Å². The average Bonchev–Trinajstić information content (AvgIpc) is 2.78. The Morgan fingerprint density at radius 2 is 1.25 bits per heavy atom. The van der Waals surface area contributed by atoms with Crippen molar-refractivity contribution in [1.29, 1.82) is 0 Å². The Morgan fingerprint density at radius 3 is 1.82 bits per heavy atom. The predicted octanol–water partition coefficient (Wildman–Crippen LogP) is 4.58. The quantitative estimate of drug-likeness (QED) is 0.455. The molecule has 4 aromatic rings. The second kappa shape index (κ2) is 8.93. The maximum absolute atomic E-state index is 5.93. The van der Waals surface area contributed by atoms with E-state index < -0.39 is 7.92 Å². The molecule has 0 radical (unpaired) electrons. The summed E-state index contributed by atoms with van der Waals surface area (Å²) in [7, 11) is 1.05. The normalized spacial score (nSPS) is 12.1. The minimum Gasteiger partial charge on any atom is -0.370 e. The highest BCUT2D eigenvalue weighted by Gasteiger charge is 2.24. The van der Waals surface area contributed by atoms with Crippen LogP contribution in [0, 0.1) is 0 Å². The molecule has 28 heavy (non-hydrogen) atoms. The second-order valence-electron chi connectivity index (χ2n) is 6.44. The van der Waals surface area contributed by atoms with E-state index in [0.29, 0.717) is 0 Å². The number of aromatic nitrogens is 1. The van der Waals surface area contributed by atoms with Crippen LogP contribution in [-0.2, 0) is 4.74 Å². The molecule has 0 spiro atoms. The highest BCUT2D eigenvalue weighted by Crippen LogP contribution is 2.37. The molecule has 3 aromatic carbocycles. The largest absolute Gasteiger partial charge is 0.370 e. The van der Waals surface area contributed by atoms with Crippen molar-refractivity contribution in [1.82, 2.24) is 4.98 Å². The van der Waals surface area contributed by atoms with Crippen molar-refractivity contribution in [2.45, 2.75) is 6.10 Å². The number of hydrogen-bond acceptors (Lipinski definition) is 2. The third-order valence-corrected chi connectivity index (χ3v) is 7.20. The van der Waals surface area contributed by atoms with Crippen molar-refractivity contribution in [2.24, 2.45) is 0 Å². The summed E-state index contributed by atoms with van der Waals surface area (Å²) in [4.78, 5) is 4.55. The maximum Gasteiger partial charge on any atom is 0.125 e. The van der Waals surface area contributed by atoms with Gasteiger partial charge in [0.05, 0.1) is 5.69 Å². The van der Waals surface area contributed by atoms with Gasteiger partial charge in [0, 0.05) is 13.3 Å². The molecule has 0 N–H and O–H groups in total. The molecule has 0 bridgehead atoms. The number of rotatable bonds is 6. The molecule has 138 valence electrons. The van der Waals surface area contributed by atoms with Crippen molar-refractivity contribution in [3.05, 3.63) is 121 Å². The highest BCUT2D eigenvalue weighted by molar-refractivity contribution is 7.79. The Bertz CT molecular complexity index is 967. The minimum atomic E-state index is -0.703. The van der Waals surface area contributed by atoms with Gasteiger partial charge in [0.2, 0.25) is 0 Å². The summed E-state index contributed by atoms with van der Waals surface area (Å²) in [6, 6.07) is 36.0. The summed E-state index contributed by atoms with van der Waals surface area (Å²) >= 11 is 0. The molecule has 1 heterocycles. The fourth-order valence-corrected chi connectivity index (χ4v) is 5.91. The summed E-state index contributed by atoms with van der Waals surface area (Å²) in [6.07, 6.45) is 1.62. The zero-order valence-electron chi connectivity index (χ0n) is 15.8. The van der Waals surface area contributed by atoms with Crippen molar-refractivity contribution in [2.75, 3.05) is 7.11 Å². The summed E-state index contributed by atoms with van der Waals surface area (Å²) in [5.74, 6) is 0. The van der Waals surface area contributed by atoms with E-state index in [1.54, 1.807) is 7.11 Å². The first-order valence-electron chi connectivity index (χ1n) is 9.31. The summed E-state index contributed by atoms with van der Waals surface area (Å²) in [6.45, 7) is 0. The van der Waals surface area contributed by atoms with Gasteiger partial charge in [0.15, 0.2) is 0 Å². The molecule has 3 heteroatoms. The lowest BCUT2D eigenvalue weighted by molar-refractivity contribution is 0.133. The zero-order valence-corrected chi connectivity index (χ0v) is 16.7. The van der Waals surface area contributed by atoms with Crippen LogP contribution in [0.3, 0.4) is 0 Å². The van der Waals surface area contributed by atoms with Gasteiger partial charge in [0.1, 0.15) is 6.10 Å². The topological polar surface area (TPSA) is 22.1 Å². The van der Waals surface area contributed by atoms with Crippen LogP contribution in [0.25, 0.3) is 0 Å². The molecule has 0 aliphatic rings. The molecule has 4 rings (SSSR count). The zero-order chi connectivity index (χ0) is 19.2. The van der Waals surface area contributed by atoms with Crippen LogP contribution in [0.2, 0.25) is 0 Å². The van der Waals surface area contributed by atoms with E-state index in [1.165, 1.54) is 21.5 Å². The molecule has 0 unspecified atom stereocenters. The first kappa shape index (κ1) is 18.6. The van der Waals surface area contributed by atoms with Crippen molar-refractivity contribution >= 4 is 23.8 Å². The Kier molecular flexibility index (Phi) is 5.92. The van der Waals surface area contributed by atoms with Crippen molar-refractivity contribution in [3.8, 4) is 0 Å². The number of benzene rings is 3. The van der Waals surface area contributed by atoms with E-state index in [0.717, 1.165) is 5.69 Å². The third-order valence-electron chi connectivity index (χ3n) is 4.68. The average molecular weight is 383 g/mol. The van der Waals surface area contributed by atoms with Crippen LogP contribution in [0.15, 0.2) is 109 Å². The summed E-state index contributed by atoms with van der Waals surface area (Å²) < 4.78 is 5.93. The van der Waals surface area contributed by atoms with Gasteiger partial charge in [-0.25, -0.2) is 0 Å². The molecule has 2 nitrogen and oxygen atoms in total. The van der Waals surface area contributed by atoms with Crippen LogP contribution >= 0.6 is 7.92 Å². The molecule has 0 saturated heterocycles. The lowest BCUT2D eigenvalue weighted by atomic mass is 10.1. The van der Waals surface area contributed by atoms with Gasteiger partial charge in [-0.1, -0.05) is 91.0 Å².